The van der Waals surface area contributed by atoms with Gasteiger partial charge in [-0.25, -0.2) is 0 Å². The van der Waals surface area contributed by atoms with Gasteiger partial charge in [-0.15, -0.1) is 0 Å². The molecule has 0 amide bonds. The van der Waals surface area contributed by atoms with Crippen molar-refractivity contribution in [2.45, 2.75) is 24.8 Å². The summed E-state index contributed by atoms with van der Waals surface area (Å²) in [6.45, 7) is 0. The van der Waals surface area contributed by atoms with Crippen LogP contribution in [0.2, 0.25) is 0 Å². The van der Waals surface area contributed by atoms with Crippen molar-refractivity contribution in [3.63, 3.8) is 0 Å². The number of hydrogen-bond donors (Lipinski definition) is 1. The van der Waals surface area contributed by atoms with Crippen molar-refractivity contribution in [3.8, 4) is 0 Å². The van der Waals surface area contributed by atoms with E-state index in [1.54, 1.807) is 0 Å². The molecule has 0 bridgehead atoms. The third-order valence-electron chi connectivity index (χ3n) is 0.826. The average Bonchev–Trinajstić information content (AvgIpc) is 1.66. The van der Waals surface area contributed by atoms with Crippen LogP contribution in [0.25, 0.3) is 0 Å². The van der Waals surface area contributed by atoms with E-state index in [9.17, 15) is 0 Å². The Balaban J connectivity index is 2.72. The summed E-state index contributed by atoms with van der Waals surface area (Å²) >= 11 is 8.53. The van der Waals surface area contributed by atoms with Gasteiger partial charge in [0.1, 0.15) is 5.56 Å². The zero-order valence-electron chi connectivity index (χ0n) is 4.61. The second kappa shape index (κ2) is 5.86. The molecule has 0 aromatic carbocycles. The number of aliphatic hydroxyl groups is 1. The van der Waals surface area contributed by atoms with Gasteiger partial charge in [-0.05, 0) is 19.3 Å². The van der Waals surface area contributed by atoms with E-state index in [-0.39, 0.29) is 0 Å². The van der Waals surface area contributed by atoms with Crippen LogP contribution in [0.15, 0.2) is 0 Å². The molecule has 8 heavy (non-hydrogen) atoms. The summed E-state index contributed by atoms with van der Waals surface area (Å²) in [7, 11) is 0. The van der Waals surface area contributed by atoms with Crippen LogP contribution in [0.5, 0.6) is 0 Å². The first-order valence-corrected chi connectivity index (χ1v) is 4.21. The monoisotopic (exact) mass is 200 g/mol. The van der Waals surface area contributed by atoms with E-state index in [0.717, 1.165) is 18.2 Å². The number of alkyl halides is 2. The molecule has 1 nitrogen and oxygen atoms in total. The number of unbranched alkanes of at least 4 members (excludes halogenated alkanes) is 1. The van der Waals surface area contributed by atoms with Crippen molar-refractivity contribution in [3.05, 3.63) is 0 Å². The number of aliphatic hydroxyl groups excluding tert-OH is 1. The van der Waals surface area contributed by atoms with Crippen LogP contribution < -0.4 is 0 Å². The van der Waals surface area contributed by atoms with Crippen LogP contribution in [-0.4, -0.2) is 16.0 Å². The normalized spacial score (nSPS) is 13.9. The smallest absolute Gasteiger partial charge is 0.128 e. The molecule has 0 fully saturated rings. The second-order valence-corrected chi connectivity index (χ2v) is 2.92. The molecule has 0 aliphatic heterocycles. The van der Waals surface area contributed by atoms with Crippen LogP contribution >= 0.6 is 27.5 Å². The summed E-state index contributed by atoms with van der Waals surface area (Å²) < 4.78 is 0. The predicted molar refractivity (Wildman–Crippen MR) is 39.5 cm³/mol. The fraction of sp³-hybridized carbons (Fsp3) is 1.00. The third-order valence-corrected chi connectivity index (χ3v) is 1.60. The molecule has 0 aliphatic carbocycles. The largest absolute Gasteiger partial charge is 0.378 e. The van der Waals surface area contributed by atoms with Gasteiger partial charge in [-0.2, -0.15) is 0 Å². The lowest BCUT2D eigenvalue weighted by molar-refractivity contribution is 0.242. The number of rotatable bonds is 4. The van der Waals surface area contributed by atoms with Crippen LogP contribution in [0.4, 0.5) is 0 Å². The molecule has 0 radical (unpaired) electrons. The predicted octanol–water partition coefficient (Wildman–Crippen LogP) is 2.11. The highest BCUT2D eigenvalue weighted by Gasteiger charge is 1.94. The molecule has 3 heteroatoms. The zero-order chi connectivity index (χ0) is 6.41. The first-order valence-electron chi connectivity index (χ1n) is 2.65. The van der Waals surface area contributed by atoms with Gasteiger partial charge in [0.05, 0.1) is 0 Å². The summed E-state index contributed by atoms with van der Waals surface area (Å²) in [5.41, 5.74) is -0.644. The summed E-state index contributed by atoms with van der Waals surface area (Å²) in [5, 5.41) is 9.53. The maximum absolute atomic E-state index is 8.53. The van der Waals surface area contributed by atoms with E-state index in [0.29, 0.717) is 6.42 Å². The molecule has 0 saturated heterocycles. The first-order chi connectivity index (χ1) is 3.77. The Bertz CT molecular complexity index is 49.7. The molecule has 50 valence electrons. The third kappa shape index (κ3) is 6.73. The fourth-order valence-corrected chi connectivity index (χ4v) is 0.958. The van der Waals surface area contributed by atoms with E-state index in [1.807, 2.05) is 0 Å². The highest BCUT2D eigenvalue weighted by molar-refractivity contribution is 9.09. The Labute approximate surface area is 63.2 Å². The average molecular weight is 201 g/mol. The quantitative estimate of drug-likeness (QED) is 0.546. The molecule has 0 aromatic heterocycles. The maximum atomic E-state index is 8.53. The van der Waals surface area contributed by atoms with Crippen molar-refractivity contribution >= 4 is 27.5 Å². The standard InChI is InChI=1S/C5H10BrClO/c6-4-2-1-3-5(7)8/h5,8H,1-4H2. The molecule has 0 heterocycles. The second-order valence-electron chi connectivity index (χ2n) is 1.62. The van der Waals surface area contributed by atoms with Gasteiger partial charge in [-0.1, -0.05) is 27.5 Å². The van der Waals surface area contributed by atoms with Gasteiger partial charge in [0.15, 0.2) is 0 Å². The van der Waals surface area contributed by atoms with Crippen molar-refractivity contribution in [2.75, 3.05) is 5.33 Å². The molecule has 1 unspecified atom stereocenters. The van der Waals surface area contributed by atoms with Crippen molar-refractivity contribution in [2.24, 2.45) is 0 Å². The lowest BCUT2D eigenvalue weighted by atomic mass is 10.3. The zero-order valence-corrected chi connectivity index (χ0v) is 6.95. The summed E-state index contributed by atoms with van der Waals surface area (Å²) in [6.07, 6.45) is 2.78. The lowest BCUT2D eigenvalue weighted by Gasteiger charge is -1.97. The molecule has 0 spiro atoms. The molecule has 0 aliphatic rings. The molecule has 0 rings (SSSR count). The van der Waals surface area contributed by atoms with Crippen LogP contribution in [-0.2, 0) is 0 Å². The van der Waals surface area contributed by atoms with E-state index < -0.39 is 5.56 Å². The van der Waals surface area contributed by atoms with Crippen LogP contribution in [0.1, 0.15) is 19.3 Å². The van der Waals surface area contributed by atoms with E-state index in [1.165, 1.54) is 0 Å². The Morgan fingerprint density at radius 2 is 2.12 bits per heavy atom. The molecular weight excluding hydrogens is 191 g/mol. The van der Waals surface area contributed by atoms with Crippen molar-refractivity contribution < 1.29 is 5.11 Å². The number of halogens is 2. The van der Waals surface area contributed by atoms with E-state index >= 15 is 0 Å². The van der Waals surface area contributed by atoms with Crippen molar-refractivity contribution in [1.82, 2.24) is 0 Å². The van der Waals surface area contributed by atoms with Crippen LogP contribution in [0.3, 0.4) is 0 Å². The summed E-state index contributed by atoms with van der Waals surface area (Å²) in [4.78, 5) is 0. The molecule has 1 atom stereocenters. The summed E-state index contributed by atoms with van der Waals surface area (Å²) in [5.74, 6) is 0. The molecular formula is C5H10BrClO. The SMILES string of the molecule is OC(Cl)CCCCBr. The Morgan fingerprint density at radius 1 is 1.50 bits per heavy atom. The lowest BCUT2D eigenvalue weighted by Crippen LogP contribution is -1.94. The van der Waals surface area contributed by atoms with Gasteiger partial charge < -0.3 is 5.11 Å². The van der Waals surface area contributed by atoms with Crippen molar-refractivity contribution in [1.29, 1.82) is 0 Å². The van der Waals surface area contributed by atoms with E-state index in [4.69, 9.17) is 16.7 Å². The Kier molecular flexibility index (Phi) is 6.39. The minimum Gasteiger partial charge on any atom is -0.378 e. The van der Waals surface area contributed by atoms with E-state index in [2.05, 4.69) is 15.9 Å². The first kappa shape index (κ1) is 8.73. The van der Waals surface area contributed by atoms with Gasteiger partial charge in [0.2, 0.25) is 0 Å². The molecule has 0 saturated carbocycles. The van der Waals surface area contributed by atoms with Crippen LogP contribution in [0, 0.1) is 0 Å². The minimum absolute atomic E-state index is 0.644. The van der Waals surface area contributed by atoms with Gasteiger partial charge >= 0.3 is 0 Å². The number of hydrogen-bond acceptors (Lipinski definition) is 1. The molecule has 1 N–H and O–H groups in total. The van der Waals surface area contributed by atoms with Gasteiger partial charge in [-0.3, -0.25) is 0 Å². The Hall–Kier alpha value is 0.730. The fourth-order valence-electron chi connectivity index (χ4n) is 0.407. The Morgan fingerprint density at radius 3 is 2.50 bits per heavy atom. The molecule has 0 aromatic rings. The van der Waals surface area contributed by atoms with Gasteiger partial charge in [0.25, 0.3) is 0 Å². The highest BCUT2D eigenvalue weighted by Crippen LogP contribution is 2.04. The van der Waals surface area contributed by atoms with Gasteiger partial charge in [0, 0.05) is 5.33 Å². The topological polar surface area (TPSA) is 20.2 Å². The maximum Gasteiger partial charge on any atom is 0.128 e. The summed E-state index contributed by atoms with van der Waals surface area (Å²) in [6, 6.07) is 0. The highest BCUT2D eigenvalue weighted by atomic mass is 79.9. The minimum atomic E-state index is -0.644.